The number of aromatic nitrogens is 1. The molecule has 0 fully saturated rings. The predicted molar refractivity (Wildman–Crippen MR) is 101 cm³/mol. The monoisotopic (exact) mass is 343 g/mol. The van der Waals surface area contributed by atoms with E-state index in [1.807, 2.05) is 72.8 Å². The highest BCUT2D eigenvalue weighted by Crippen LogP contribution is 2.32. The smallest absolute Gasteiger partial charge is 0.279 e. The summed E-state index contributed by atoms with van der Waals surface area (Å²) in [6, 6.07) is 22.8. The van der Waals surface area contributed by atoms with E-state index in [4.69, 9.17) is 15.9 Å². The van der Waals surface area contributed by atoms with E-state index in [0.29, 0.717) is 10.9 Å². The first-order chi connectivity index (χ1) is 12.3. The first kappa shape index (κ1) is 15.3. The third-order valence-electron chi connectivity index (χ3n) is 3.54. The van der Waals surface area contributed by atoms with E-state index in [2.05, 4.69) is 10.9 Å². The van der Waals surface area contributed by atoms with E-state index in [-0.39, 0.29) is 0 Å². The fourth-order valence-corrected chi connectivity index (χ4v) is 3.21. The first-order valence-corrected chi connectivity index (χ1v) is 8.50. The van der Waals surface area contributed by atoms with Gasteiger partial charge in [0.25, 0.3) is 5.19 Å². The number of hydrogen-bond donors (Lipinski definition) is 0. The van der Waals surface area contributed by atoms with Crippen LogP contribution < -0.4 is 9.47 Å². The van der Waals surface area contributed by atoms with Crippen molar-refractivity contribution in [1.82, 2.24) is 4.98 Å². The minimum atomic E-state index is 0.584. The maximum absolute atomic E-state index is 5.84. The van der Waals surface area contributed by atoms with Crippen LogP contribution in [0.1, 0.15) is 5.56 Å². The highest BCUT2D eigenvalue weighted by molar-refractivity contribution is 7.20. The molecule has 1 aromatic heterocycles. The molecule has 0 aliphatic rings. The number of benzene rings is 3. The minimum absolute atomic E-state index is 0.584. The Hall–Kier alpha value is -3.29. The van der Waals surface area contributed by atoms with Crippen LogP contribution in [0.5, 0.6) is 22.4 Å². The van der Waals surface area contributed by atoms with Crippen LogP contribution in [-0.4, -0.2) is 4.98 Å². The van der Waals surface area contributed by atoms with Gasteiger partial charge in [-0.15, -0.1) is 6.42 Å². The maximum Gasteiger partial charge on any atom is 0.279 e. The van der Waals surface area contributed by atoms with Gasteiger partial charge >= 0.3 is 0 Å². The second-order valence-corrected chi connectivity index (χ2v) is 6.29. The molecular formula is C21H13NO2S. The highest BCUT2D eigenvalue weighted by Gasteiger charge is 2.07. The summed E-state index contributed by atoms with van der Waals surface area (Å²) < 4.78 is 12.6. The summed E-state index contributed by atoms with van der Waals surface area (Å²) in [7, 11) is 0. The van der Waals surface area contributed by atoms with Crippen molar-refractivity contribution >= 4 is 21.6 Å². The molecule has 120 valence electrons. The van der Waals surface area contributed by atoms with Crippen molar-refractivity contribution in [2.24, 2.45) is 0 Å². The highest BCUT2D eigenvalue weighted by atomic mass is 32.1. The van der Waals surface area contributed by atoms with Crippen LogP contribution in [0.4, 0.5) is 0 Å². The lowest BCUT2D eigenvalue weighted by Crippen LogP contribution is -1.85. The van der Waals surface area contributed by atoms with E-state index >= 15 is 0 Å². The number of fused-ring (bicyclic) bond motifs is 1. The Kier molecular flexibility index (Phi) is 4.07. The van der Waals surface area contributed by atoms with Crippen molar-refractivity contribution in [2.75, 3.05) is 0 Å². The third-order valence-corrected chi connectivity index (χ3v) is 4.44. The largest absolute Gasteiger partial charge is 0.457 e. The Bertz CT molecular complexity index is 1050. The SMILES string of the molecule is C#Cc1ccc2nc(Oc3ccc(Oc4ccccc4)cc3)sc2c1. The zero-order valence-corrected chi connectivity index (χ0v) is 14.0. The summed E-state index contributed by atoms with van der Waals surface area (Å²) in [5.74, 6) is 4.88. The van der Waals surface area contributed by atoms with Crippen LogP contribution in [0.15, 0.2) is 72.8 Å². The Labute approximate surface area is 149 Å². The fourth-order valence-electron chi connectivity index (χ4n) is 2.34. The molecular weight excluding hydrogens is 330 g/mol. The van der Waals surface area contributed by atoms with E-state index in [9.17, 15) is 0 Å². The summed E-state index contributed by atoms with van der Waals surface area (Å²) in [5.41, 5.74) is 1.72. The number of nitrogens with zero attached hydrogens (tertiary/aromatic N) is 1. The summed E-state index contributed by atoms with van der Waals surface area (Å²) in [4.78, 5) is 4.47. The van der Waals surface area contributed by atoms with Gasteiger partial charge in [-0.05, 0) is 54.6 Å². The maximum atomic E-state index is 5.84. The lowest BCUT2D eigenvalue weighted by molar-refractivity contribution is 0.468. The Morgan fingerprint density at radius 3 is 2.20 bits per heavy atom. The van der Waals surface area contributed by atoms with Gasteiger partial charge in [0, 0.05) is 5.56 Å². The number of rotatable bonds is 4. The van der Waals surface area contributed by atoms with Gasteiger partial charge in [-0.3, -0.25) is 0 Å². The van der Waals surface area contributed by atoms with E-state index < -0.39 is 0 Å². The topological polar surface area (TPSA) is 31.4 Å². The molecule has 0 saturated carbocycles. The molecule has 3 aromatic carbocycles. The molecule has 3 nitrogen and oxygen atoms in total. The Morgan fingerprint density at radius 2 is 1.48 bits per heavy atom. The Morgan fingerprint density at radius 1 is 0.800 bits per heavy atom. The molecule has 0 unspecified atom stereocenters. The fraction of sp³-hybridized carbons (Fsp3) is 0. The molecule has 25 heavy (non-hydrogen) atoms. The van der Waals surface area contributed by atoms with Crippen LogP contribution in [-0.2, 0) is 0 Å². The molecule has 0 atom stereocenters. The van der Waals surface area contributed by atoms with Gasteiger partial charge in [-0.2, -0.15) is 0 Å². The molecule has 4 rings (SSSR count). The predicted octanol–water partition coefficient (Wildman–Crippen LogP) is 5.86. The van der Waals surface area contributed by atoms with Gasteiger partial charge in [0.2, 0.25) is 0 Å². The van der Waals surface area contributed by atoms with Crippen LogP contribution in [0.3, 0.4) is 0 Å². The summed E-state index contributed by atoms with van der Waals surface area (Å²) in [6.45, 7) is 0. The quantitative estimate of drug-likeness (QED) is 0.435. The van der Waals surface area contributed by atoms with Crippen molar-refractivity contribution in [2.45, 2.75) is 0 Å². The molecule has 0 saturated heterocycles. The summed E-state index contributed by atoms with van der Waals surface area (Å²) in [6.07, 6.45) is 5.43. The molecule has 0 bridgehead atoms. The second-order valence-electron chi connectivity index (χ2n) is 5.30. The molecule has 0 amide bonds. The number of thiazole rings is 1. The van der Waals surface area contributed by atoms with E-state index in [1.165, 1.54) is 11.3 Å². The van der Waals surface area contributed by atoms with Gasteiger partial charge in [0.1, 0.15) is 17.2 Å². The lowest BCUT2D eigenvalue weighted by atomic mass is 10.2. The van der Waals surface area contributed by atoms with Crippen molar-refractivity contribution in [3.05, 3.63) is 78.4 Å². The van der Waals surface area contributed by atoms with Gasteiger partial charge in [-0.25, -0.2) is 4.98 Å². The first-order valence-electron chi connectivity index (χ1n) is 7.68. The number of hydrogen-bond acceptors (Lipinski definition) is 4. The molecule has 0 N–H and O–H groups in total. The average molecular weight is 343 g/mol. The standard InChI is InChI=1S/C21H13NO2S/c1-2-15-8-13-19-20(14-15)25-21(22-19)24-18-11-9-17(10-12-18)23-16-6-4-3-5-7-16/h1,3-14H. The van der Waals surface area contributed by atoms with Gasteiger partial charge in [-0.1, -0.05) is 35.5 Å². The van der Waals surface area contributed by atoms with Crippen molar-refractivity contribution in [3.8, 4) is 34.8 Å². The molecule has 0 aliphatic heterocycles. The van der Waals surface area contributed by atoms with Crippen LogP contribution in [0, 0.1) is 12.3 Å². The molecule has 4 heteroatoms. The van der Waals surface area contributed by atoms with Crippen LogP contribution >= 0.6 is 11.3 Å². The number of ether oxygens (including phenoxy) is 2. The lowest BCUT2D eigenvalue weighted by Gasteiger charge is -2.06. The molecule has 4 aromatic rings. The Balaban J connectivity index is 1.50. The van der Waals surface area contributed by atoms with Gasteiger partial charge in [0.05, 0.1) is 10.2 Å². The summed E-state index contributed by atoms with van der Waals surface area (Å²) in [5, 5.41) is 0.584. The zero-order chi connectivity index (χ0) is 17.1. The number of para-hydroxylation sites is 1. The van der Waals surface area contributed by atoms with E-state index in [0.717, 1.165) is 27.3 Å². The van der Waals surface area contributed by atoms with Crippen molar-refractivity contribution in [1.29, 1.82) is 0 Å². The minimum Gasteiger partial charge on any atom is -0.457 e. The average Bonchev–Trinajstić information content (AvgIpc) is 3.05. The summed E-state index contributed by atoms with van der Waals surface area (Å²) >= 11 is 1.47. The molecule has 1 heterocycles. The molecule has 0 spiro atoms. The number of terminal acetylenes is 1. The van der Waals surface area contributed by atoms with Crippen molar-refractivity contribution in [3.63, 3.8) is 0 Å². The van der Waals surface area contributed by atoms with E-state index in [1.54, 1.807) is 0 Å². The van der Waals surface area contributed by atoms with Crippen LogP contribution in [0.2, 0.25) is 0 Å². The second kappa shape index (κ2) is 6.68. The third kappa shape index (κ3) is 3.47. The van der Waals surface area contributed by atoms with Crippen molar-refractivity contribution < 1.29 is 9.47 Å². The molecule has 0 aliphatic carbocycles. The van der Waals surface area contributed by atoms with Gasteiger partial charge < -0.3 is 9.47 Å². The zero-order valence-electron chi connectivity index (χ0n) is 13.2. The normalized spacial score (nSPS) is 10.4. The van der Waals surface area contributed by atoms with Crippen LogP contribution in [0.25, 0.3) is 10.2 Å². The van der Waals surface area contributed by atoms with Gasteiger partial charge in [0.15, 0.2) is 0 Å². The molecule has 0 radical (unpaired) electrons.